The van der Waals surface area contributed by atoms with Gasteiger partial charge in [-0.15, -0.1) is 24.0 Å². The number of hydrogen-bond acceptors (Lipinski definition) is 3. The van der Waals surface area contributed by atoms with Gasteiger partial charge in [-0.1, -0.05) is 13.8 Å². The van der Waals surface area contributed by atoms with Gasteiger partial charge in [-0.2, -0.15) is 0 Å². The van der Waals surface area contributed by atoms with E-state index in [4.69, 9.17) is 4.74 Å². The molecule has 0 spiro atoms. The topological polar surface area (TPSA) is 48.9 Å². The molecule has 0 saturated carbocycles. The van der Waals surface area contributed by atoms with E-state index < -0.39 is 0 Å². The highest BCUT2D eigenvalue weighted by Crippen LogP contribution is 2.07. The molecule has 0 bridgehead atoms. The van der Waals surface area contributed by atoms with Crippen LogP contribution in [0.4, 0.5) is 0 Å². The van der Waals surface area contributed by atoms with Crippen molar-refractivity contribution in [3.05, 3.63) is 0 Å². The van der Waals surface area contributed by atoms with E-state index in [1.165, 1.54) is 6.42 Å². The minimum atomic E-state index is 0. The highest BCUT2D eigenvalue weighted by molar-refractivity contribution is 14.0. The summed E-state index contributed by atoms with van der Waals surface area (Å²) in [4.78, 5) is 6.52. The van der Waals surface area contributed by atoms with E-state index in [0.29, 0.717) is 12.0 Å². The number of aliphatic imine (C=N–C) groups is 1. The monoisotopic (exact) mass is 414 g/mol. The van der Waals surface area contributed by atoms with Gasteiger partial charge in [0.15, 0.2) is 5.96 Å². The maximum Gasteiger partial charge on any atom is 0.191 e. The first-order valence-corrected chi connectivity index (χ1v) is 7.69. The number of halogens is 1. The highest BCUT2D eigenvalue weighted by Gasteiger charge is 2.13. The molecule has 21 heavy (non-hydrogen) atoms. The van der Waals surface area contributed by atoms with Crippen molar-refractivity contribution in [2.45, 2.75) is 39.7 Å². The van der Waals surface area contributed by atoms with Crippen LogP contribution in [-0.2, 0) is 4.74 Å². The maximum atomic E-state index is 5.32. The Kier molecular flexibility index (Phi) is 16.4. The summed E-state index contributed by atoms with van der Waals surface area (Å²) in [5.41, 5.74) is 0. The lowest BCUT2D eigenvalue weighted by atomic mass is 10.0. The number of nitrogens with zero attached hydrogens (tertiary/aromatic N) is 2. The van der Waals surface area contributed by atoms with Crippen LogP contribution in [0.2, 0.25) is 0 Å². The molecule has 0 aromatic heterocycles. The van der Waals surface area contributed by atoms with E-state index in [1.54, 1.807) is 0 Å². The van der Waals surface area contributed by atoms with Crippen LogP contribution in [0.25, 0.3) is 0 Å². The smallest absolute Gasteiger partial charge is 0.191 e. The molecule has 0 aliphatic carbocycles. The highest BCUT2D eigenvalue weighted by atomic mass is 127. The van der Waals surface area contributed by atoms with Crippen molar-refractivity contribution in [2.75, 3.05) is 47.4 Å². The molecule has 0 aromatic rings. The zero-order valence-electron chi connectivity index (χ0n) is 14.6. The zero-order valence-corrected chi connectivity index (χ0v) is 16.9. The number of nitrogens with one attached hydrogen (secondary N) is 2. The second-order valence-electron chi connectivity index (χ2n) is 5.68. The van der Waals surface area contributed by atoms with Crippen molar-refractivity contribution >= 4 is 29.9 Å². The van der Waals surface area contributed by atoms with Gasteiger partial charge in [-0.25, -0.2) is 0 Å². The molecular formula is C15H35IN4O. The van der Waals surface area contributed by atoms with E-state index in [1.807, 2.05) is 14.0 Å². The Balaban J connectivity index is 0. The molecule has 0 heterocycles. The van der Waals surface area contributed by atoms with Crippen molar-refractivity contribution < 1.29 is 4.74 Å². The van der Waals surface area contributed by atoms with E-state index in [-0.39, 0.29) is 24.0 Å². The lowest BCUT2D eigenvalue weighted by Crippen LogP contribution is -2.45. The first kappa shape index (κ1) is 23.2. The molecule has 0 fully saturated rings. The van der Waals surface area contributed by atoms with Crippen molar-refractivity contribution in [3.8, 4) is 0 Å². The Hall–Kier alpha value is -0.0800. The summed E-state index contributed by atoms with van der Waals surface area (Å²) in [6.07, 6.45) is 2.18. The third-order valence-electron chi connectivity index (χ3n) is 3.16. The third kappa shape index (κ3) is 13.3. The molecule has 6 heteroatoms. The molecule has 2 N–H and O–H groups in total. The van der Waals surface area contributed by atoms with Gasteiger partial charge >= 0.3 is 0 Å². The lowest BCUT2D eigenvalue weighted by Gasteiger charge is -2.27. The third-order valence-corrected chi connectivity index (χ3v) is 3.16. The molecule has 0 aromatic carbocycles. The van der Waals surface area contributed by atoms with Crippen LogP contribution in [0, 0.1) is 5.92 Å². The quantitative estimate of drug-likeness (QED) is 0.249. The molecule has 5 nitrogen and oxygen atoms in total. The number of ether oxygens (including phenoxy) is 1. The number of guanidine groups is 1. The maximum absolute atomic E-state index is 5.32. The molecule has 128 valence electrons. The van der Waals surface area contributed by atoms with E-state index in [9.17, 15) is 0 Å². The molecule has 0 rings (SSSR count). The van der Waals surface area contributed by atoms with E-state index >= 15 is 0 Å². The van der Waals surface area contributed by atoms with E-state index in [0.717, 1.165) is 38.7 Å². The Bertz CT molecular complexity index is 260. The van der Waals surface area contributed by atoms with Gasteiger partial charge < -0.3 is 20.3 Å². The lowest BCUT2D eigenvalue weighted by molar-refractivity contribution is 0.145. The first-order valence-electron chi connectivity index (χ1n) is 7.69. The van der Waals surface area contributed by atoms with Crippen LogP contribution in [0.5, 0.6) is 0 Å². The second kappa shape index (κ2) is 14.8. The molecule has 0 saturated heterocycles. The van der Waals surface area contributed by atoms with Crippen LogP contribution in [-0.4, -0.2) is 64.3 Å². The predicted molar refractivity (Wildman–Crippen MR) is 103 cm³/mol. The van der Waals surface area contributed by atoms with Crippen LogP contribution in [0.3, 0.4) is 0 Å². The normalized spacial score (nSPS) is 13.2. The first-order chi connectivity index (χ1) is 9.51. The van der Waals surface area contributed by atoms with Crippen LogP contribution >= 0.6 is 24.0 Å². The van der Waals surface area contributed by atoms with Crippen molar-refractivity contribution in [1.82, 2.24) is 15.5 Å². The Morgan fingerprint density at radius 1 is 1.24 bits per heavy atom. The minimum absolute atomic E-state index is 0. The average molecular weight is 414 g/mol. The molecule has 0 aliphatic rings. The SMILES string of the molecule is CCOCCCNC(=NC)NCC(CC(C)C)N(C)C.I. The van der Waals surface area contributed by atoms with Gasteiger partial charge in [0.1, 0.15) is 0 Å². The van der Waals surface area contributed by atoms with Crippen LogP contribution in [0.15, 0.2) is 4.99 Å². The largest absolute Gasteiger partial charge is 0.382 e. The van der Waals surface area contributed by atoms with Gasteiger partial charge in [0.25, 0.3) is 0 Å². The molecule has 0 amide bonds. The Labute approximate surface area is 148 Å². The zero-order chi connectivity index (χ0) is 15.4. The van der Waals surface area contributed by atoms with Crippen molar-refractivity contribution in [2.24, 2.45) is 10.9 Å². The molecule has 0 aliphatic heterocycles. The van der Waals surface area contributed by atoms with E-state index in [2.05, 4.69) is 48.5 Å². The summed E-state index contributed by atoms with van der Waals surface area (Å²) in [6.45, 7) is 9.92. The molecular weight excluding hydrogens is 379 g/mol. The summed E-state index contributed by atoms with van der Waals surface area (Å²) >= 11 is 0. The van der Waals surface area contributed by atoms with Crippen molar-refractivity contribution in [3.63, 3.8) is 0 Å². The summed E-state index contributed by atoms with van der Waals surface area (Å²) in [7, 11) is 6.07. The van der Waals surface area contributed by atoms with Gasteiger partial charge in [0.05, 0.1) is 0 Å². The fraction of sp³-hybridized carbons (Fsp3) is 0.933. The Morgan fingerprint density at radius 2 is 1.90 bits per heavy atom. The van der Waals surface area contributed by atoms with Crippen LogP contribution in [0.1, 0.15) is 33.6 Å². The van der Waals surface area contributed by atoms with Crippen LogP contribution < -0.4 is 10.6 Å². The van der Waals surface area contributed by atoms with Gasteiger partial charge in [0, 0.05) is 39.4 Å². The molecule has 1 unspecified atom stereocenters. The summed E-state index contributed by atoms with van der Waals surface area (Å²) in [5.74, 6) is 1.57. The van der Waals surface area contributed by atoms with Gasteiger partial charge in [0.2, 0.25) is 0 Å². The number of rotatable bonds is 10. The molecule has 0 radical (unpaired) electrons. The van der Waals surface area contributed by atoms with Gasteiger partial charge in [-0.05, 0) is 39.8 Å². The number of likely N-dealkylation sites (N-methyl/N-ethyl adjacent to an activating group) is 1. The summed E-state index contributed by atoms with van der Waals surface area (Å²) in [6, 6.07) is 0.525. The number of hydrogen-bond donors (Lipinski definition) is 2. The van der Waals surface area contributed by atoms with Crippen molar-refractivity contribution in [1.29, 1.82) is 0 Å². The average Bonchev–Trinajstić information content (AvgIpc) is 2.39. The Morgan fingerprint density at radius 3 is 2.38 bits per heavy atom. The van der Waals surface area contributed by atoms with Gasteiger partial charge in [-0.3, -0.25) is 4.99 Å². The minimum Gasteiger partial charge on any atom is -0.382 e. The molecule has 1 atom stereocenters. The predicted octanol–water partition coefficient (Wildman–Crippen LogP) is 2.17. The summed E-state index contributed by atoms with van der Waals surface area (Å²) < 4.78 is 5.32. The standard InChI is InChI=1S/C15H34N4O.HI/c1-7-20-10-8-9-17-15(16-4)18-12-14(19(5)6)11-13(2)3;/h13-14H,7-12H2,1-6H3,(H2,16,17,18);1H. The fourth-order valence-corrected chi connectivity index (χ4v) is 1.98. The fourth-order valence-electron chi connectivity index (χ4n) is 1.98. The summed E-state index contributed by atoms with van der Waals surface area (Å²) in [5, 5.41) is 6.72. The second-order valence-corrected chi connectivity index (χ2v) is 5.68.